The number of rotatable bonds is 3. The van der Waals surface area contributed by atoms with Crippen LogP contribution in [0.3, 0.4) is 0 Å². The van der Waals surface area contributed by atoms with Crippen LogP contribution in [0.15, 0.2) is 57.7 Å². The fourth-order valence-electron chi connectivity index (χ4n) is 3.76. The van der Waals surface area contributed by atoms with Gasteiger partial charge in [-0.1, -0.05) is 36.4 Å². The molecular weight excluding hydrogens is 366 g/mol. The van der Waals surface area contributed by atoms with E-state index in [1.54, 1.807) is 25.1 Å². The Morgan fingerprint density at radius 3 is 2.76 bits per heavy atom. The van der Waals surface area contributed by atoms with Gasteiger partial charge >= 0.3 is 0 Å². The lowest BCUT2D eigenvalue weighted by molar-refractivity contribution is 0.0922. The van der Waals surface area contributed by atoms with E-state index in [0.717, 1.165) is 12.1 Å². The van der Waals surface area contributed by atoms with Crippen LogP contribution in [0.1, 0.15) is 22.3 Å². The lowest BCUT2D eigenvalue weighted by atomic mass is 9.94. The van der Waals surface area contributed by atoms with Crippen molar-refractivity contribution in [3.63, 3.8) is 0 Å². The van der Waals surface area contributed by atoms with Gasteiger partial charge in [-0.25, -0.2) is 0 Å². The summed E-state index contributed by atoms with van der Waals surface area (Å²) in [5, 5.41) is 15.9. The van der Waals surface area contributed by atoms with Gasteiger partial charge in [0.2, 0.25) is 0 Å². The first-order valence-electron chi connectivity index (χ1n) is 9.63. The molecule has 4 rings (SSSR count). The third-order valence-corrected chi connectivity index (χ3v) is 5.39. The zero-order chi connectivity index (χ0) is 20.4. The average Bonchev–Trinajstić information content (AvgIpc) is 2.76. The summed E-state index contributed by atoms with van der Waals surface area (Å²) in [4.78, 5) is 26.0. The first-order chi connectivity index (χ1) is 14.1. The molecule has 2 aromatic carbocycles. The second-order valence-electron chi connectivity index (χ2n) is 7.24. The highest BCUT2D eigenvalue weighted by molar-refractivity contribution is 6.05. The Labute approximate surface area is 168 Å². The number of benzene rings is 2. The van der Waals surface area contributed by atoms with Crippen LogP contribution in [0.4, 0.5) is 0 Å². The Kier molecular flexibility index (Phi) is 5.15. The van der Waals surface area contributed by atoms with Gasteiger partial charge in [0.1, 0.15) is 5.76 Å². The number of amides is 1. The molecule has 1 aliphatic rings. The van der Waals surface area contributed by atoms with Gasteiger partial charge in [0, 0.05) is 17.7 Å². The normalized spacial score (nSPS) is 18.9. The molecule has 0 bridgehead atoms. The standard InChI is InChI=1S/C23H21N3O3/c1-14-20(27)17-8-5-9-18(22(17)29-21(14)15-6-3-2-4-7-15)23(28)26-19-13-25-11-10-16(19)12-24/h2-9,16,19,25H,10-11,13H2,1H3,(H,26,28). The number of nitrogens with zero attached hydrogens (tertiary/aromatic N) is 1. The number of para-hydroxylation sites is 1. The van der Waals surface area contributed by atoms with Crippen molar-refractivity contribution in [1.82, 2.24) is 10.6 Å². The van der Waals surface area contributed by atoms with E-state index in [-0.39, 0.29) is 28.9 Å². The predicted octanol–water partition coefficient (Wildman–Crippen LogP) is 3.00. The number of nitriles is 1. The van der Waals surface area contributed by atoms with Gasteiger partial charge in [-0.2, -0.15) is 5.26 Å². The van der Waals surface area contributed by atoms with Crippen LogP contribution < -0.4 is 16.1 Å². The molecular formula is C23H21N3O3. The molecule has 0 spiro atoms. The van der Waals surface area contributed by atoms with Crippen LogP contribution in [-0.2, 0) is 0 Å². The van der Waals surface area contributed by atoms with Gasteiger partial charge < -0.3 is 15.1 Å². The van der Waals surface area contributed by atoms with E-state index in [2.05, 4.69) is 16.7 Å². The lowest BCUT2D eigenvalue weighted by Crippen LogP contribution is -2.50. The molecule has 0 aliphatic carbocycles. The molecule has 1 aliphatic heterocycles. The number of carbonyl (C=O) groups is 1. The fraction of sp³-hybridized carbons (Fsp3) is 0.261. The molecule has 2 atom stereocenters. The summed E-state index contributed by atoms with van der Waals surface area (Å²) in [6, 6.07) is 16.3. The van der Waals surface area contributed by atoms with Crippen molar-refractivity contribution in [3.05, 3.63) is 69.9 Å². The molecule has 29 heavy (non-hydrogen) atoms. The number of hydrogen-bond donors (Lipinski definition) is 2. The highest BCUT2D eigenvalue weighted by atomic mass is 16.3. The van der Waals surface area contributed by atoms with Crippen molar-refractivity contribution in [2.24, 2.45) is 5.92 Å². The average molecular weight is 387 g/mol. The summed E-state index contributed by atoms with van der Waals surface area (Å²) in [5.41, 5.74) is 1.67. The maximum absolute atomic E-state index is 13.0. The van der Waals surface area contributed by atoms with Gasteiger partial charge in [0.15, 0.2) is 11.0 Å². The van der Waals surface area contributed by atoms with Crippen molar-refractivity contribution in [2.75, 3.05) is 13.1 Å². The number of hydrogen-bond acceptors (Lipinski definition) is 5. The van der Waals surface area contributed by atoms with Crippen LogP contribution >= 0.6 is 0 Å². The van der Waals surface area contributed by atoms with Gasteiger partial charge in [-0.15, -0.1) is 0 Å². The third-order valence-electron chi connectivity index (χ3n) is 5.39. The lowest BCUT2D eigenvalue weighted by Gasteiger charge is -2.28. The summed E-state index contributed by atoms with van der Waals surface area (Å²) in [6.45, 7) is 3.02. The molecule has 1 aromatic heterocycles. The first-order valence-corrected chi connectivity index (χ1v) is 9.63. The van der Waals surface area contributed by atoms with Crippen LogP contribution in [0.5, 0.6) is 0 Å². The number of piperidine rings is 1. The number of fused-ring (bicyclic) bond motifs is 1. The van der Waals surface area contributed by atoms with Crippen molar-refractivity contribution in [3.8, 4) is 17.4 Å². The summed E-state index contributed by atoms with van der Waals surface area (Å²) < 4.78 is 6.11. The van der Waals surface area contributed by atoms with Crippen LogP contribution in [0, 0.1) is 24.2 Å². The molecule has 0 saturated carbocycles. The first kappa shape index (κ1) is 18.9. The molecule has 2 unspecified atom stereocenters. The Hall–Kier alpha value is -3.43. The molecule has 2 N–H and O–H groups in total. The summed E-state index contributed by atoms with van der Waals surface area (Å²) >= 11 is 0. The van der Waals surface area contributed by atoms with Gasteiger partial charge in [-0.05, 0) is 32.0 Å². The number of nitrogens with one attached hydrogen (secondary N) is 2. The molecule has 3 aromatic rings. The van der Waals surface area contributed by atoms with Gasteiger partial charge in [0.05, 0.1) is 29.0 Å². The molecule has 2 heterocycles. The minimum Gasteiger partial charge on any atom is -0.455 e. The fourth-order valence-corrected chi connectivity index (χ4v) is 3.76. The van der Waals surface area contributed by atoms with Gasteiger partial charge in [-0.3, -0.25) is 9.59 Å². The van der Waals surface area contributed by atoms with Crippen LogP contribution in [-0.4, -0.2) is 25.0 Å². The van der Waals surface area contributed by atoms with E-state index in [1.807, 2.05) is 30.3 Å². The Morgan fingerprint density at radius 2 is 2.00 bits per heavy atom. The Bertz CT molecular complexity index is 1160. The third kappa shape index (κ3) is 3.53. The van der Waals surface area contributed by atoms with Crippen molar-refractivity contribution < 1.29 is 9.21 Å². The topological polar surface area (TPSA) is 95.1 Å². The smallest absolute Gasteiger partial charge is 0.255 e. The maximum atomic E-state index is 13.0. The van der Waals surface area contributed by atoms with Crippen LogP contribution in [0.2, 0.25) is 0 Å². The molecule has 0 radical (unpaired) electrons. The highest BCUT2D eigenvalue weighted by Gasteiger charge is 2.27. The minimum absolute atomic E-state index is 0.158. The zero-order valence-corrected chi connectivity index (χ0v) is 16.1. The second-order valence-corrected chi connectivity index (χ2v) is 7.24. The summed E-state index contributed by atoms with van der Waals surface area (Å²) in [6.07, 6.45) is 0.684. The molecule has 1 amide bonds. The zero-order valence-electron chi connectivity index (χ0n) is 16.1. The quantitative estimate of drug-likeness (QED) is 0.720. The summed E-state index contributed by atoms with van der Waals surface area (Å²) in [7, 11) is 0. The molecule has 6 nitrogen and oxygen atoms in total. The molecule has 1 saturated heterocycles. The highest BCUT2D eigenvalue weighted by Crippen LogP contribution is 2.27. The van der Waals surface area contributed by atoms with Gasteiger partial charge in [0.25, 0.3) is 5.91 Å². The molecule has 6 heteroatoms. The van der Waals surface area contributed by atoms with E-state index in [0.29, 0.717) is 35.2 Å². The summed E-state index contributed by atoms with van der Waals surface area (Å²) in [5.74, 6) is -0.141. The van der Waals surface area contributed by atoms with Crippen molar-refractivity contribution in [1.29, 1.82) is 5.26 Å². The second kappa shape index (κ2) is 7.90. The maximum Gasteiger partial charge on any atom is 0.255 e. The Morgan fingerprint density at radius 1 is 1.21 bits per heavy atom. The van der Waals surface area contributed by atoms with E-state index >= 15 is 0 Å². The number of carbonyl (C=O) groups excluding carboxylic acids is 1. The minimum atomic E-state index is -0.351. The van der Waals surface area contributed by atoms with E-state index in [1.165, 1.54) is 0 Å². The molecule has 1 fully saturated rings. The van der Waals surface area contributed by atoms with E-state index < -0.39 is 0 Å². The predicted molar refractivity (Wildman–Crippen MR) is 111 cm³/mol. The molecule has 146 valence electrons. The van der Waals surface area contributed by atoms with Crippen LogP contribution in [0.25, 0.3) is 22.3 Å². The monoisotopic (exact) mass is 387 g/mol. The van der Waals surface area contributed by atoms with Crippen molar-refractivity contribution in [2.45, 2.75) is 19.4 Å². The SMILES string of the molecule is Cc1c(-c2ccccc2)oc2c(C(=O)NC3CNCCC3C#N)cccc2c1=O. The largest absolute Gasteiger partial charge is 0.455 e. The van der Waals surface area contributed by atoms with Crippen molar-refractivity contribution >= 4 is 16.9 Å². The van der Waals surface area contributed by atoms with E-state index in [4.69, 9.17) is 4.42 Å². The van der Waals surface area contributed by atoms with E-state index in [9.17, 15) is 14.9 Å². The Balaban J connectivity index is 1.79.